The maximum Gasteiger partial charge on any atom is 0.243 e. The van der Waals surface area contributed by atoms with Gasteiger partial charge in [0.05, 0.1) is 5.02 Å². The Bertz CT molecular complexity index is 436. The third kappa shape index (κ3) is 3.71. The van der Waals surface area contributed by atoms with E-state index < -0.39 is 10.0 Å². The Morgan fingerprint density at radius 3 is 2.81 bits per heavy atom. The first kappa shape index (κ1) is 13.4. The molecule has 1 aromatic rings. The summed E-state index contributed by atoms with van der Waals surface area (Å²) in [5.74, 6) is 0. The van der Waals surface area contributed by atoms with E-state index >= 15 is 0 Å². The lowest BCUT2D eigenvalue weighted by Crippen LogP contribution is -2.25. The van der Waals surface area contributed by atoms with Gasteiger partial charge in [0.25, 0.3) is 0 Å². The molecule has 0 unspecified atom stereocenters. The fraction of sp³-hybridized carbons (Fsp3) is 0.444. The second-order valence-electron chi connectivity index (χ2n) is 3.13. The molecule has 0 bridgehead atoms. The molecule has 0 atom stereocenters. The van der Waals surface area contributed by atoms with Gasteiger partial charge in [0.15, 0.2) is 0 Å². The highest BCUT2D eigenvalue weighted by Crippen LogP contribution is 2.18. The zero-order valence-electron chi connectivity index (χ0n) is 8.56. The van der Waals surface area contributed by atoms with E-state index in [0.717, 1.165) is 0 Å². The van der Waals surface area contributed by atoms with E-state index in [9.17, 15) is 8.42 Å². The molecule has 1 aromatic heterocycles. The molecule has 0 spiro atoms. The predicted octanol–water partition coefficient (Wildman–Crippen LogP) is 0.786. The number of aromatic nitrogens is 1. The lowest BCUT2D eigenvalue weighted by atomic mass is 10.3. The van der Waals surface area contributed by atoms with Crippen molar-refractivity contribution in [3.63, 3.8) is 0 Å². The number of pyridine rings is 1. The van der Waals surface area contributed by atoms with E-state index in [1.807, 2.05) is 0 Å². The van der Waals surface area contributed by atoms with Crippen molar-refractivity contribution in [2.45, 2.75) is 17.7 Å². The zero-order chi connectivity index (χ0) is 12.0. The number of nitrogens with one attached hydrogen (secondary N) is 1. The summed E-state index contributed by atoms with van der Waals surface area (Å²) in [5, 5.41) is 8.69. The SMILES string of the molecule is O=S(=O)(NCCCCO)c1cnccc1Cl. The molecular formula is C9H13ClN2O3S. The molecule has 0 aliphatic carbocycles. The molecule has 0 aromatic carbocycles. The van der Waals surface area contributed by atoms with Gasteiger partial charge < -0.3 is 5.11 Å². The van der Waals surface area contributed by atoms with Crippen molar-refractivity contribution < 1.29 is 13.5 Å². The highest BCUT2D eigenvalue weighted by atomic mass is 35.5. The van der Waals surface area contributed by atoms with Gasteiger partial charge in [-0.3, -0.25) is 4.98 Å². The average molecular weight is 265 g/mol. The minimum absolute atomic E-state index is 0.0272. The van der Waals surface area contributed by atoms with Crippen LogP contribution in [0.2, 0.25) is 5.02 Å². The maximum absolute atomic E-state index is 11.7. The summed E-state index contributed by atoms with van der Waals surface area (Å²) >= 11 is 5.75. The molecule has 5 nitrogen and oxygen atoms in total. The number of aliphatic hydroxyl groups excluding tert-OH is 1. The van der Waals surface area contributed by atoms with E-state index in [1.54, 1.807) is 0 Å². The second-order valence-corrected chi connectivity index (χ2v) is 5.28. The molecule has 0 radical (unpaired) electrons. The third-order valence-electron chi connectivity index (χ3n) is 1.90. The molecule has 0 fully saturated rings. The lowest BCUT2D eigenvalue weighted by Gasteiger charge is -2.06. The zero-order valence-corrected chi connectivity index (χ0v) is 10.1. The monoisotopic (exact) mass is 264 g/mol. The number of unbranched alkanes of at least 4 members (excludes halogenated alkanes) is 1. The molecule has 7 heteroatoms. The van der Waals surface area contributed by atoms with Gasteiger partial charge in [-0.25, -0.2) is 13.1 Å². The molecule has 1 heterocycles. The molecule has 0 aliphatic heterocycles. The van der Waals surface area contributed by atoms with Crippen LogP contribution in [0.1, 0.15) is 12.8 Å². The number of sulfonamides is 1. The van der Waals surface area contributed by atoms with Crippen LogP contribution in [-0.4, -0.2) is 31.7 Å². The van der Waals surface area contributed by atoms with Crippen LogP contribution in [0.5, 0.6) is 0 Å². The number of aliphatic hydroxyl groups is 1. The van der Waals surface area contributed by atoms with Crippen LogP contribution < -0.4 is 4.72 Å². The van der Waals surface area contributed by atoms with Gasteiger partial charge in [-0.05, 0) is 18.9 Å². The van der Waals surface area contributed by atoms with Crippen molar-refractivity contribution in [2.24, 2.45) is 0 Å². The Morgan fingerprint density at radius 2 is 2.19 bits per heavy atom. The van der Waals surface area contributed by atoms with Gasteiger partial charge in [0.1, 0.15) is 4.90 Å². The van der Waals surface area contributed by atoms with Crippen LogP contribution in [-0.2, 0) is 10.0 Å². The number of nitrogens with zero attached hydrogens (tertiary/aromatic N) is 1. The summed E-state index contributed by atoms with van der Waals surface area (Å²) in [4.78, 5) is 3.69. The number of rotatable bonds is 6. The van der Waals surface area contributed by atoms with Crippen LogP contribution in [0, 0.1) is 0 Å². The first-order valence-electron chi connectivity index (χ1n) is 4.78. The Balaban J connectivity index is 2.68. The van der Waals surface area contributed by atoms with E-state index in [0.29, 0.717) is 12.8 Å². The molecule has 16 heavy (non-hydrogen) atoms. The van der Waals surface area contributed by atoms with Crippen LogP contribution in [0.15, 0.2) is 23.4 Å². The van der Waals surface area contributed by atoms with Gasteiger partial charge in [-0.1, -0.05) is 11.6 Å². The largest absolute Gasteiger partial charge is 0.396 e. The first-order chi connectivity index (χ1) is 7.58. The third-order valence-corrected chi connectivity index (χ3v) is 3.83. The second kappa shape index (κ2) is 6.15. The summed E-state index contributed by atoms with van der Waals surface area (Å²) in [5.41, 5.74) is 0. The van der Waals surface area contributed by atoms with E-state index in [4.69, 9.17) is 16.7 Å². The number of hydrogen-bond acceptors (Lipinski definition) is 4. The smallest absolute Gasteiger partial charge is 0.243 e. The Hall–Kier alpha value is -0.690. The van der Waals surface area contributed by atoms with Crippen LogP contribution >= 0.6 is 11.6 Å². The fourth-order valence-electron chi connectivity index (χ4n) is 1.08. The van der Waals surface area contributed by atoms with Crippen molar-refractivity contribution in [1.82, 2.24) is 9.71 Å². The van der Waals surface area contributed by atoms with Gasteiger partial charge in [0, 0.05) is 25.5 Å². The fourth-order valence-corrected chi connectivity index (χ4v) is 2.58. The van der Waals surface area contributed by atoms with Gasteiger partial charge >= 0.3 is 0 Å². The molecule has 0 aliphatic rings. The molecule has 0 amide bonds. The number of hydrogen-bond donors (Lipinski definition) is 2. The predicted molar refractivity (Wildman–Crippen MR) is 60.8 cm³/mol. The standard InChI is InChI=1S/C9H13ClN2O3S/c10-8-3-5-11-7-9(8)16(14,15)12-4-1-2-6-13/h3,5,7,12-13H,1-2,4,6H2. The summed E-state index contributed by atoms with van der Waals surface area (Å²) in [7, 11) is -3.60. The van der Waals surface area contributed by atoms with Crippen molar-refractivity contribution in [3.8, 4) is 0 Å². The molecule has 2 N–H and O–H groups in total. The Labute approximate surface area is 99.5 Å². The minimum Gasteiger partial charge on any atom is -0.396 e. The topological polar surface area (TPSA) is 79.3 Å². The molecule has 90 valence electrons. The van der Waals surface area contributed by atoms with Crippen molar-refractivity contribution in [1.29, 1.82) is 0 Å². The van der Waals surface area contributed by atoms with Gasteiger partial charge in [0.2, 0.25) is 10.0 Å². The van der Waals surface area contributed by atoms with E-state index in [-0.39, 0.29) is 23.1 Å². The molecular weight excluding hydrogens is 252 g/mol. The van der Waals surface area contributed by atoms with Gasteiger partial charge in [-0.2, -0.15) is 0 Å². The van der Waals surface area contributed by atoms with E-state index in [2.05, 4.69) is 9.71 Å². The highest BCUT2D eigenvalue weighted by Gasteiger charge is 2.16. The summed E-state index contributed by atoms with van der Waals surface area (Å²) in [6.07, 6.45) is 3.76. The summed E-state index contributed by atoms with van der Waals surface area (Å²) < 4.78 is 25.8. The van der Waals surface area contributed by atoms with Crippen LogP contribution in [0.4, 0.5) is 0 Å². The summed E-state index contributed by atoms with van der Waals surface area (Å²) in [6, 6.07) is 1.42. The van der Waals surface area contributed by atoms with Gasteiger partial charge in [-0.15, -0.1) is 0 Å². The van der Waals surface area contributed by atoms with Crippen molar-refractivity contribution >= 4 is 21.6 Å². The Kier molecular flexibility index (Phi) is 5.14. The highest BCUT2D eigenvalue weighted by molar-refractivity contribution is 7.89. The van der Waals surface area contributed by atoms with Crippen LogP contribution in [0.3, 0.4) is 0 Å². The average Bonchev–Trinajstić information content (AvgIpc) is 2.25. The maximum atomic E-state index is 11.7. The van der Waals surface area contributed by atoms with Crippen molar-refractivity contribution in [3.05, 3.63) is 23.5 Å². The normalized spacial score (nSPS) is 11.6. The minimum atomic E-state index is -3.60. The van der Waals surface area contributed by atoms with E-state index in [1.165, 1.54) is 18.5 Å². The molecule has 0 saturated carbocycles. The first-order valence-corrected chi connectivity index (χ1v) is 6.64. The Morgan fingerprint density at radius 1 is 1.44 bits per heavy atom. The van der Waals surface area contributed by atoms with Crippen LogP contribution in [0.25, 0.3) is 0 Å². The van der Waals surface area contributed by atoms with Crippen molar-refractivity contribution in [2.75, 3.05) is 13.2 Å². The molecule has 0 saturated heterocycles. The summed E-state index contributed by atoms with van der Waals surface area (Å²) in [6.45, 7) is 0.323. The number of halogens is 1. The quantitative estimate of drug-likeness (QED) is 0.745. The lowest BCUT2D eigenvalue weighted by molar-refractivity contribution is 0.285. The molecule has 1 rings (SSSR count).